The maximum absolute atomic E-state index is 9.47. The monoisotopic (exact) mass is 269 g/mol. The zero-order valence-electron chi connectivity index (χ0n) is 12.0. The molecule has 0 heterocycles. The van der Waals surface area contributed by atoms with Gasteiger partial charge in [-0.2, -0.15) is 0 Å². The Morgan fingerprint density at radius 3 is 2.45 bits per heavy atom. The summed E-state index contributed by atoms with van der Waals surface area (Å²) in [4.78, 5) is 0. The van der Waals surface area contributed by atoms with Gasteiger partial charge >= 0.3 is 0 Å². The summed E-state index contributed by atoms with van der Waals surface area (Å²) in [6.45, 7) is 3.09. The third-order valence-electron chi connectivity index (χ3n) is 3.52. The molecule has 0 unspecified atom stereocenters. The lowest BCUT2D eigenvalue weighted by atomic mass is 10.1. The lowest BCUT2D eigenvalue weighted by Gasteiger charge is -2.16. The van der Waals surface area contributed by atoms with Crippen LogP contribution in [0, 0.1) is 6.92 Å². The highest BCUT2D eigenvalue weighted by Gasteiger charge is 2.07. The van der Waals surface area contributed by atoms with E-state index in [1.165, 1.54) is 16.7 Å². The smallest absolute Gasteiger partial charge is 0.0584 e. The summed E-state index contributed by atoms with van der Waals surface area (Å²) in [7, 11) is 0. The minimum Gasteiger partial charge on any atom is -0.395 e. The van der Waals surface area contributed by atoms with E-state index in [9.17, 15) is 5.11 Å². The maximum Gasteiger partial charge on any atom is 0.0584 e. The van der Waals surface area contributed by atoms with Crippen molar-refractivity contribution in [1.29, 1.82) is 0 Å². The second-order valence-electron chi connectivity index (χ2n) is 5.27. The first kappa shape index (κ1) is 14.8. The molecule has 2 rings (SSSR count). The summed E-state index contributed by atoms with van der Waals surface area (Å²) in [6.07, 6.45) is 1.94. The number of rotatable bonds is 7. The fourth-order valence-corrected chi connectivity index (χ4v) is 2.33. The Bertz CT molecular complexity index is 510. The molecule has 0 saturated carbocycles. The molecule has 0 saturated heterocycles. The summed E-state index contributed by atoms with van der Waals surface area (Å²) in [5.41, 5.74) is 3.86. The molecule has 2 N–H and O–H groups in total. The second kappa shape index (κ2) is 7.83. The van der Waals surface area contributed by atoms with Gasteiger partial charge in [0, 0.05) is 12.6 Å². The molecular formula is C18H23NO. The van der Waals surface area contributed by atoms with Crippen molar-refractivity contribution in [2.45, 2.75) is 32.4 Å². The Hall–Kier alpha value is -1.64. The van der Waals surface area contributed by atoms with Gasteiger partial charge < -0.3 is 10.4 Å². The van der Waals surface area contributed by atoms with Crippen LogP contribution in [0.25, 0.3) is 0 Å². The molecule has 2 nitrogen and oxygen atoms in total. The van der Waals surface area contributed by atoms with Crippen molar-refractivity contribution in [3.8, 4) is 0 Å². The van der Waals surface area contributed by atoms with Gasteiger partial charge in [0.05, 0.1) is 6.61 Å². The van der Waals surface area contributed by atoms with Crippen LogP contribution in [0.4, 0.5) is 0 Å². The molecule has 0 aromatic heterocycles. The van der Waals surface area contributed by atoms with Gasteiger partial charge in [0.15, 0.2) is 0 Å². The number of aliphatic hydroxyl groups excluding tert-OH is 1. The SMILES string of the molecule is Cc1cccc(CN[C@H](CO)CCc2ccccc2)c1. The summed E-state index contributed by atoms with van der Waals surface area (Å²) in [5, 5.41) is 12.9. The number of nitrogens with one attached hydrogen (secondary N) is 1. The quantitative estimate of drug-likeness (QED) is 0.809. The van der Waals surface area contributed by atoms with E-state index < -0.39 is 0 Å². The number of benzene rings is 2. The third kappa shape index (κ3) is 4.80. The molecule has 106 valence electrons. The summed E-state index contributed by atoms with van der Waals surface area (Å²) in [5.74, 6) is 0. The first-order valence-electron chi connectivity index (χ1n) is 7.21. The highest BCUT2D eigenvalue weighted by molar-refractivity contribution is 5.22. The Morgan fingerprint density at radius 1 is 1.00 bits per heavy atom. The van der Waals surface area contributed by atoms with Crippen LogP contribution in [0.1, 0.15) is 23.1 Å². The normalized spacial score (nSPS) is 12.3. The molecule has 0 amide bonds. The zero-order chi connectivity index (χ0) is 14.2. The van der Waals surface area contributed by atoms with Gasteiger partial charge in [-0.15, -0.1) is 0 Å². The first-order chi connectivity index (χ1) is 9.78. The number of hydrogen-bond donors (Lipinski definition) is 2. The van der Waals surface area contributed by atoms with Crippen molar-refractivity contribution >= 4 is 0 Å². The van der Waals surface area contributed by atoms with Crippen LogP contribution in [-0.2, 0) is 13.0 Å². The second-order valence-corrected chi connectivity index (χ2v) is 5.27. The van der Waals surface area contributed by atoms with Crippen molar-refractivity contribution in [2.75, 3.05) is 6.61 Å². The van der Waals surface area contributed by atoms with E-state index in [2.05, 4.69) is 60.8 Å². The highest BCUT2D eigenvalue weighted by Crippen LogP contribution is 2.07. The molecule has 0 radical (unpaired) electrons. The Kier molecular flexibility index (Phi) is 5.78. The lowest BCUT2D eigenvalue weighted by Crippen LogP contribution is -2.32. The van der Waals surface area contributed by atoms with Gasteiger partial charge in [-0.1, -0.05) is 60.2 Å². The van der Waals surface area contributed by atoms with Crippen LogP contribution < -0.4 is 5.32 Å². The van der Waals surface area contributed by atoms with Gasteiger partial charge in [-0.25, -0.2) is 0 Å². The van der Waals surface area contributed by atoms with E-state index in [1.807, 2.05) is 6.07 Å². The van der Waals surface area contributed by atoms with Crippen LogP contribution in [-0.4, -0.2) is 17.8 Å². The van der Waals surface area contributed by atoms with Crippen molar-refractivity contribution in [3.05, 3.63) is 71.3 Å². The van der Waals surface area contributed by atoms with E-state index >= 15 is 0 Å². The van der Waals surface area contributed by atoms with Crippen molar-refractivity contribution in [2.24, 2.45) is 0 Å². The maximum atomic E-state index is 9.47. The van der Waals surface area contributed by atoms with Crippen molar-refractivity contribution in [1.82, 2.24) is 5.32 Å². The predicted octanol–water partition coefficient (Wildman–Crippen LogP) is 3.08. The van der Waals surface area contributed by atoms with E-state index in [0.717, 1.165) is 19.4 Å². The summed E-state index contributed by atoms with van der Waals surface area (Å²) < 4.78 is 0. The Labute approximate surface area is 121 Å². The topological polar surface area (TPSA) is 32.3 Å². The zero-order valence-corrected chi connectivity index (χ0v) is 12.0. The fraction of sp³-hybridized carbons (Fsp3) is 0.333. The molecular weight excluding hydrogens is 246 g/mol. The van der Waals surface area contributed by atoms with Crippen molar-refractivity contribution < 1.29 is 5.11 Å². The molecule has 2 aromatic carbocycles. The van der Waals surface area contributed by atoms with E-state index in [1.54, 1.807) is 0 Å². The summed E-state index contributed by atoms with van der Waals surface area (Å²) >= 11 is 0. The Balaban J connectivity index is 1.80. The first-order valence-corrected chi connectivity index (χ1v) is 7.21. The molecule has 1 atom stereocenters. The molecule has 0 spiro atoms. The van der Waals surface area contributed by atoms with Gasteiger partial charge in [-0.3, -0.25) is 0 Å². The van der Waals surface area contributed by atoms with Gasteiger partial charge in [0.1, 0.15) is 0 Å². The summed E-state index contributed by atoms with van der Waals surface area (Å²) in [6, 6.07) is 19.0. The van der Waals surface area contributed by atoms with Crippen LogP contribution in [0.5, 0.6) is 0 Å². The third-order valence-corrected chi connectivity index (χ3v) is 3.52. The number of aliphatic hydroxyl groups is 1. The number of hydrogen-bond acceptors (Lipinski definition) is 2. The molecule has 0 aliphatic carbocycles. The molecule has 20 heavy (non-hydrogen) atoms. The van der Waals surface area contributed by atoms with Gasteiger partial charge in [-0.05, 0) is 30.9 Å². The number of aryl methyl sites for hydroxylation is 2. The van der Waals surface area contributed by atoms with E-state index in [4.69, 9.17) is 0 Å². The van der Waals surface area contributed by atoms with Crippen molar-refractivity contribution in [3.63, 3.8) is 0 Å². The lowest BCUT2D eigenvalue weighted by molar-refractivity contribution is 0.235. The van der Waals surface area contributed by atoms with Crippen LogP contribution in [0.3, 0.4) is 0 Å². The van der Waals surface area contributed by atoms with Gasteiger partial charge in [0.2, 0.25) is 0 Å². The molecule has 0 aliphatic rings. The standard InChI is InChI=1S/C18H23NO/c1-15-6-5-9-17(12-15)13-19-18(14-20)11-10-16-7-3-2-4-8-16/h2-9,12,18-20H,10-11,13-14H2,1H3/t18-/m0/s1. The van der Waals surface area contributed by atoms with E-state index in [-0.39, 0.29) is 12.6 Å². The van der Waals surface area contributed by atoms with Crippen LogP contribution >= 0.6 is 0 Å². The largest absolute Gasteiger partial charge is 0.395 e. The molecule has 0 bridgehead atoms. The molecule has 0 fully saturated rings. The van der Waals surface area contributed by atoms with Gasteiger partial charge in [0.25, 0.3) is 0 Å². The molecule has 2 heteroatoms. The van der Waals surface area contributed by atoms with E-state index in [0.29, 0.717) is 0 Å². The molecule has 0 aliphatic heterocycles. The fourth-order valence-electron chi connectivity index (χ4n) is 2.33. The minimum atomic E-state index is 0.149. The predicted molar refractivity (Wildman–Crippen MR) is 83.7 cm³/mol. The van der Waals surface area contributed by atoms with Crippen LogP contribution in [0.2, 0.25) is 0 Å². The minimum absolute atomic E-state index is 0.149. The average Bonchev–Trinajstić information content (AvgIpc) is 2.48. The Morgan fingerprint density at radius 2 is 1.75 bits per heavy atom. The van der Waals surface area contributed by atoms with Crippen LogP contribution in [0.15, 0.2) is 54.6 Å². The highest BCUT2D eigenvalue weighted by atomic mass is 16.3. The molecule has 2 aromatic rings. The average molecular weight is 269 g/mol.